The van der Waals surface area contributed by atoms with Crippen LogP contribution in [0, 0.1) is 15.9 Å². The van der Waals surface area contributed by atoms with Crippen molar-refractivity contribution < 1.29 is 38.0 Å². The number of carbonyl (C=O) groups excluding carboxylic acids is 4. The second-order valence-corrected chi connectivity index (χ2v) is 7.07. The lowest BCUT2D eigenvalue weighted by Gasteiger charge is -2.24. The van der Waals surface area contributed by atoms with Crippen molar-refractivity contribution in [2.75, 3.05) is 19.1 Å². The summed E-state index contributed by atoms with van der Waals surface area (Å²) < 4.78 is 24.0. The minimum atomic E-state index is -2.85. The number of azo groups is 1. The van der Waals surface area contributed by atoms with Crippen LogP contribution in [0.25, 0.3) is 0 Å². The molecule has 1 N–H and O–H groups in total. The van der Waals surface area contributed by atoms with E-state index in [1.165, 1.54) is 26.0 Å². The number of nitrogens with one attached hydrogen (secondary N) is 1. The fourth-order valence-corrected chi connectivity index (χ4v) is 2.89. The van der Waals surface area contributed by atoms with E-state index in [-0.39, 0.29) is 18.9 Å². The summed E-state index contributed by atoms with van der Waals surface area (Å²) in [7, 11) is 0. The molecule has 36 heavy (non-hydrogen) atoms. The van der Waals surface area contributed by atoms with Crippen LogP contribution in [0.15, 0.2) is 52.7 Å². The van der Waals surface area contributed by atoms with Crippen molar-refractivity contribution in [3.05, 3.63) is 69.5 Å². The lowest BCUT2D eigenvalue weighted by atomic mass is 10.0. The molecule has 2 aromatic rings. The third-order valence-corrected chi connectivity index (χ3v) is 4.69. The van der Waals surface area contributed by atoms with Crippen LogP contribution in [0.4, 0.5) is 15.8 Å². The van der Waals surface area contributed by atoms with Gasteiger partial charge in [0.15, 0.2) is 5.78 Å². The molecule has 190 valence electrons. The minimum Gasteiger partial charge on any atom is -0.462 e. The van der Waals surface area contributed by atoms with Crippen molar-refractivity contribution in [3.8, 4) is 0 Å². The van der Waals surface area contributed by atoms with E-state index in [4.69, 9.17) is 21.1 Å². The molecule has 0 saturated carbocycles. The molecule has 0 unspecified atom stereocenters. The molecule has 0 fully saturated rings. The number of rotatable bonds is 11. The van der Waals surface area contributed by atoms with Crippen LogP contribution >= 0.6 is 11.6 Å². The van der Waals surface area contributed by atoms with Crippen LogP contribution in [0.3, 0.4) is 0 Å². The van der Waals surface area contributed by atoms with E-state index >= 15 is 0 Å². The van der Waals surface area contributed by atoms with Crippen LogP contribution in [0.1, 0.15) is 29.8 Å². The number of esters is 2. The molecule has 0 heterocycles. The van der Waals surface area contributed by atoms with Crippen molar-refractivity contribution in [1.29, 1.82) is 0 Å². The molecule has 2 rings (SSSR count). The highest BCUT2D eigenvalue weighted by atomic mass is 35.5. The van der Waals surface area contributed by atoms with Crippen LogP contribution in [-0.2, 0) is 23.9 Å². The normalized spacial score (nSPS) is 11.1. The van der Waals surface area contributed by atoms with Gasteiger partial charge in [0.1, 0.15) is 11.7 Å². The van der Waals surface area contributed by atoms with Crippen molar-refractivity contribution in [1.82, 2.24) is 5.32 Å². The molecular weight excluding hydrogens is 503 g/mol. The van der Waals surface area contributed by atoms with Crippen LogP contribution in [0.2, 0.25) is 0 Å². The Bertz CT molecular complexity index is 1200. The highest BCUT2D eigenvalue weighted by Crippen LogP contribution is 2.29. The Kier molecular flexibility index (Phi) is 9.67. The third kappa shape index (κ3) is 6.24. The van der Waals surface area contributed by atoms with E-state index < -0.39 is 62.7 Å². The molecule has 2 aromatic carbocycles. The first-order chi connectivity index (χ1) is 17.1. The number of alkyl halides is 1. The van der Waals surface area contributed by atoms with Crippen molar-refractivity contribution in [3.63, 3.8) is 0 Å². The summed E-state index contributed by atoms with van der Waals surface area (Å²) in [6.07, 6.45) is 0. The van der Waals surface area contributed by atoms with Gasteiger partial charge in [-0.3, -0.25) is 19.7 Å². The Balaban J connectivity index is 2.73. The van der Waals surface area contributed by atoms with Gasteiger partial charge in [-0.25, -0.2) is 14.0 Å². The first kappa shape index (κ1) is 28.0. The minimum absolute atomic E-state index is 0.221. The van der Waals surface area contributed by atoms with E-state index in [1.54, 1.807) is 0 Å². The first-order valence-corrected chi connectivity index (χ1v) is 10.9. The Morgan fingerprint density at radius 2 is 1.67 bits per heavy atom. The number of nitro benzene ring substituents is 1. The van der Waals surface area contributed by atoms with Gasteiger partial charge in [0, 0.05) is 12.1 Å². The third-order valence-electron chi connectivity index (χ3n) is 4.45. The topological polar surface area (TPSA) is 167 Å². The van der Waals surface area contributed by atoms with Crippen molar-refractivity contribution in [2.24, 2.45) is 10.2 Å². The number of nitro groups is 1. The number of hydrogen-bond acceptors (Lipinski definition) is 10. The summed E-state index contributed by atoms with van der Waals surface area (Å²) in [6, 6.07) is 7.69. The molecule has 0 saturated heterocycles. The molecule has 1 amide bonds. The van der Waals surface area contributed by atoms with Gasteiger partial charge in [-0.2, -0.15) is 5.11 Å². The van der Waals surface area contributed by atoms with Gasteiger partial charge in [0.05, 0.1) is 35.0 Å². The lowest BCUT2D eigenvalue weighted by molar-refractivity contribution is -0.384. The zero-order valence-electron chi connectivity index (χ0n) is 19.0. The monoisotopic (exact) mass is 522 g/mol. The zero-order chi connectivity index (χ0) is 26.9. The van der Waals surface area contributed by atoms with Gasteiger partial charge in [-0.05, 0) is 32.0 Å². The highest BCUT2D eigenvalue weighted by Gasteiger charge is 2.52. The second-order valence-electron chi connectivity index (χ2n) is 6.80. The average Bonchev–Trinajstić information content (AvgIpc) is 2.86. The molecular formula is C22H20ClFN4O8. The van der Waals surface area contributed by atoms with E-state index in [1.807, 2.05) is 5.32 Å². The Morgan fingerprint density at radius 1 is 1.06 bits per heavy atom. The number of benzene rings is 2. The standard InChI is InChI=1S/C22H20ClFN4O8/c1-3-35-20(31)22(21(32)36-4-2,25-18(29)12-23)27-26-17-10-9-13(28(33)34)11-15(17)19(30)14-7-5-6-8-16(14)24/h5-11H,3-4,12H2,1-2H3,(H,25,29). The van der Waals surface area contributed by atoms with Gasteiger partial charge in [0.25, 0.3) is 5.69 Å². The van der Waals surface area contributed by atoms with Crippen LogP contribution in [0.5, 0.6) is 0 Å². The maximum absolute atomic E-state index is 14.3. The van der Waals surface area contributed by atoms with E-state index in [2.05, 4.69) is 10.2 Å². The largest absolute Gasteiger partial charge is 0.462 e. The summed E-state index contributed by atoms with van der Waals surface area (Å²) in [5.41, 5.74) is -4.65. The summed E-state index contributed by atoms with van der Waals surface area (Å²) in [5.74, 6) is -6.32. The summed E-state index contributed by atoms with van der Waals surface area (Å²) >= 11 is 5.50. The Morgan fingerprint density at radius 3 is 2.19 bits per heavy atom. The molecule has 0 aliphatic carbocycles. The predicted octanol–water partition coefficient (Wildman–Crippen LogP) is 3.23. The molecule has 12 nitrogen and oxygen atoms in total. The summed E-state index contributed by atoms with van der Waals surface area (Å²) in [6.45, 7) is 2.41. The van der Waals surface area contributed by atoms with Crippen LogP contribution in [-0.4, -0.2) is 53.3 Å². The highest BCUT2D eigenvalue weighted by molar-refractivity contribution is 6.28. The van der Waals surface area contributed by atoms with E-state index in [9.17, 15) is 33.7 Å². The molecule has 0 atom stereocenters. The number of ether oxygens (including phenoxy) is 2. The van der Waals surface area contributed by atoms with Crippen LogP contribution < -0.4 is 5.32 Å². The maximum Gasteiger partial charge on any atom is 0.369 e. The Labute approximate surface area is 208 Å². The molecule has 14 heteroatoms. The fourth-order valence-electron chi connectivity index (χ4n) is 2.82. The predicted molar refractivity (Wildman–Crippen MR) is 122 cm³/mol. The number of halogens is 2. The van der Waals surface area contributed by atoms with Crippen molar-refractivity contribution >= 4 is 46.6 Å². The van der Waals surface area contributed by atoms with Gasteiger partial charge >= 0.3 is 17.6 Å². The number of amides is 1. The summed E-state index contributed by atoms with van der Waals surface area (Å²) in [4.78, 5) is 61.1. The molecule has 0 bridgehead atoms. The van der Waals surface area contributed by atoms with Gasteiger partial charge in [0.2, 0.25) is 5.91 Å². The number of ketones is 1. The quantitative estimate of drug-likeness (QED) is 0.0892. The first-order valence-electron chi connectivity index (χ1n) is 10.3. The molecule has 0 aromatic heterocycles. The average molecular weight is 523 g/mol. The number of nitrogens with zero attached hydrogens (tertiary/aromatic N) is 3. The molecule has 0 aliphatic rings. The zero-order valence-corrected chi connectivity index (χ0v) is 19.8. The molecule has 0 spiro atoms. The Hall–Kier alpha value is -4.26. The van der Waals surface area contributed by atoms with Gasteiger partial charge < -0.3 is 14.8 Å². The SMILES string of the molecule is CCOC(=O)C(N=Nc1ccc([N+](=O)[O-])cc1C(=O)c1ccccc1F)(NC(=O)CCl)C(=O)OCC. The molecule has 0 radical (unpaired) electrons. The van der Waals surface area contributed by atoms with E-state index in [0.29, 0.717) is 0 Å². The van der Waals surface area contributed by atoms with E-state index in [0.717, 1.165) is 30.3 Å². The van der Waals surface area contributed by atoms with Crippen molar-refractivity contribution in [2.45, 2.75) is 19.5 Å². The molecule has 0 aliphatic heterocycles. The van der Waals surface area contributed by atoms with Gasteiger partial charge in [-0.1, -0.05) is 12.1 Å². The summed E-state index contributed by atoms with van der Waals surface area (Å²) in [5, 5.41) is 20.7. The lowest BCUT2D eigenvalue weighted by Crippen LogP contribution is -2.60. The number of non-ortho nitro benzene ring substituents is 1. The number of hydrogen-bond donors (Lipinski definition) is 1. The fraction of sp³-hybridized carbons (Fsp3) is 0.273. The smallest absolute Gasteiger partial charge is 0.369 e. The second kappa shape index (κ2) is 12.4. The number of carbonyl (C=O) groups is 4. The van der Waals surface area contributed by atoms with Gasteiger partial charge in [-0.15, -0.1) is 16.7 Å². The maximum atomic E-state index is 14.3.